The summed E-state index contributed by atoms with van der Waals surface area (Å²) in [4.78, 5) is 20.6. The predicted octanol–water partition coefficient (Wildman–Crippen LogP) is 5.29. The number of rotatable bonds is 3. The van der Waals surface area contributed by atoms with Crippen molar-refractivity contribution in [3.05, 3.63) is 83.8 Å². The molecule has 156 valence electrons. The molecule has 4 aromatic rings. The normalized spacial score (nSPS) is 11.5. The maximum absolute atomic E-state index is 14.3. The van der Waals surface area contributed by atoms with Crippen molar-refractivity contribution < 1.29 is 22.4 Å². The number of benzene rings is 3. The Morgan fingerprint density at radius 1 is 0.968 bits per heavy atom. The van der Waals surface area contributed by atoms with Gasteiger partial charge in [-0.05, 0) is 53.6 Å². The van der Waals surface area contributed by atoms with Crippen LogP contribution in [0, 0.1) is 5.82 Å². The SMILES string of the molecule is Nc1ncc2cc(-c3ccc(F)c(C(=O)Nc4cccc(C(F)(F)F)c4)c3)ccc2n1. The molecule has 5 nitrogen and oxygen atoms in total. The molecule has 1 amide bonds. The van der Waals surface area contributed by atoms with Crippen molar-refractivity contribution >= 4 is 28.4 Å². The van der Waals surface area contributed by atoms with Crippen molar-refractivity contribution in [1.82, 2.24) is 9.97 Å². The number of aromatic nitrogens is 2. The van der Waals surface area contributed by atoms with Gasteiger partial charge in [0.2, 0.25) is 5.95 Å². The van der Waals surface area contributed by atoms with Crippen LogP contribution in [0.15, 0.2) is 66.9 Å². The third-order valence-electron chi connectivity index (χ3n) is 4.59. The molecule has 0 fully saturated rings. The first-order valence-electron chi connectivity index (χ1n) is 9.01. The van der Waals surface area contributed by atoms with Crippen molar-refractivity contribution in [3.63, 3.8) is 0 Å². The number of hydrogen-bond donors (Lipinski definition) is 2. The Hall–Kier alpha value is -4.01. The summed E-state index contributed by atoms with van der Waals surface area (Å²) in [7, 11) is 0. The molecule has 0 radical (unpaired) electrons. The summed E-state index contributed by atoms with van der Waals surface area (Å²) in [6.45, 7) is 0. The molecular weight excluding hydrogens is 412 g/mol. The van der Waals surface area contributed by atoms with E-state index in [9.17, 15) is 22.4 Å². The number of halogens is 4. The largest absolute Gasteiger partial charge is 0.416 e. The average molecular weight is 426 g/mol. The fourth-order valence-electron chi connectivity index (χ4n) is 3.08. The van der Waals surface area contributed by atoms with Crippen LogP contribution in [-0.2, 0) is 6.18 Å². The molecule has 4 rings (SSSR count). The first-order valence-corrected chi connectivity index (χ1v) is 9.01. The Kier molecular flexibility index (Phi) is 5.02. The highest BCUT2D eigenvalue weighted by atomic mass is 19.4. The number of nitrogens with zero attached hydrogens (tertiary/aromatic N) is 2. The highest BCUT2D eigenvalue weighted by Gasteiger charge is 2.30. The van der Waals surface area contributed by atoms with Gasteiger partial charge >= 0.3 is 6.18 Å². The number of nitrogens with two attached hydrogens (primary N) is 1. The monoisotopic (exact) mass is 426 g/mol. The predicted molar refractivity (Wildman–Crippen MR) is 109 cm³/mol. The quantitative estimate of drug-likeness (QED) is 0.436. The number of anilines is 2. The number of hydrogen-bond acceptors (Lipinski definition) is 4. The molecule has 0 aliphatic heterocycles. The van der Waals surface area contributed by atoms with E-state index in [0.717, 1.165) is 24.3 Å². The molecule has 0 aliphatic carbocycles. The van der Waals surface area contributed by atoms with Crippen molar-refractivity contribution in [3.8, 4) is 11.1 Å². The van der Waals surface area contributed by atoms with Crippen molar-refractivity contribution in [2.45, 2.75) is 6.18 Å². The van der Waals surface area contributed by atoms with E-state index in [1.165, 1.54) is 18.2 Å². The van der Waals surface area contributed by atoms with Gasteiger partial charge in [0.05, 0.1) is 16.6 Å². The van der Waals surface area contributed by atoms with Crippen LogP contribution < -0.4 is 11.1 Å². The molecule has 0 unspecified atom stereocenters. The standard InChI is InChI=1S/C22H14F4N4O/c23-18-6-4-13(12-5-7-19-14(8-12)11-28-21(27)30-19)9-17(18)20(31)29-16-3-1-2-15(10-16)22(24,25)26/h1-11H,(H,29,31)(H2,27,28,30). The second-order valence-electron chi connectivity index (χ2n) is 6.73. The first kappa shape index (κ1) is 20.3. The molecular formula is C22H14F4N4O. The van der Waals surface area contributed by atoms with E-state index >= 15 is 0 Å². The van der Waals surface area contributed by atoms with Gasteiger partial charge in [-0.15, -0.1) is 0 Å². The molecule has 3 aromatic carbocycles. The van der Waals surface area contributed by atoms with Crippen LogP contribution in [-0.4, -0.2) is 15.9 Å². The fraction of sp³-hybridized carbons (Fsp3) is 0.0455. The number of carbonyl (C=O) groups excluding carboxylic acids is 1. The lowest BCUT2D eigenvalue weighted by Crippen LogP contribution is -2.15. The minimum atomic E-state index is -4.56. The maximum Gasteiger partial charge on any atom is 0.416 e. The molecule has 31 heavy (non-hydrogen) atoms. The van der Waals surface area contributed by atoms with E-state index in [4.69, 9.17) is 5.73 Å². The minimum absolute atomic E-state index is 0.0925. The van der Waals surface area contributed by atoms with Crippen LogP contribution in [0.5, 0.6) is 0 Å². The number of fused-ring (bicyclic) bond motifs is 1. The number of carbonyl (C=O) groups is 1. The molecule has 1 aromatic heterocycles. The van der Waals surface area contributed by atoms with E-state index < -0.39 is 23.5 Å². The number of nitrogens with one attached hydrogen (secondary N) is 1. The Balaban J connectivity index is 1.65. The summed E-state index contributed by atoms with van der Waals surface area (Å²) < 4.78 is 53.0. The lowest BCUT2D eigenvalue weighted by atomic mass is 10.0. The van der Waals surface area contributed by atoms with Crippen LogP contribution in [0.2, 0.25) is 0 Å². The number of alkyl halides is 3. The molecule has 0 bridgehead atoms. The molecule has 0 saturated heterocycles. The highest BCUT2D eigenvalue weighted by molar-refractivity contribution is 6.05. The summed E-state index contributed by atoms with van der Waals surface area (Å²) >= 11 is 0. The van der Waals surface area contributed by atoms with Gasteiger partial charge in [-0.2, -0.15) is 13.2 Å². The minimum Gasteiger partial charge on any atom is -0.368 e. The van der Waals surface area contributed by atoms with Crippen LogP contribution in [0.3, 0.4) is 0 Å². The summed E-state index contributed by atoms with van der Waals surface area (Å²) in [5.74, 6) is -1.53. The Bertz CT molecular complexity index is 1300. The second kappa shape index (κ2) is 7.67. The van der Waals surface area contributed by atoms with Gasteiger partial charge in [0.25, 0.3) is 5.91 Å². The third-order valence-corrected chi connectivity index (χ3v) is 4.59. The van der Waals surface area contributed by atoms with Gasteiger partial charge in [0, 0.05) is 17.3 Å². The van der Waals surface area contributed by atoms with Gasteiger partial charge in [-0.1, -0.05) is 18.2 Å². The Morgan fingerprint density at radius 3 is 2.48 bits per heavy atom. The van der Waals surface area contributed by atoms with E-state index in [1.54, 1.807) is 24.4 Å². The lowest BCUT2D eigenvalue weighted by Gasteiger charge is -2.11. The first-order chi connectivity index (χ1) is 14.7. The number of nitrogen functional groups attached to an aromatic ring is 1. The summed E-state index contributed by atoms with van der Waals surface area (Å²) in [6, 6.07) is 13.3. The Labute approximate surface area is 173 Å². The third kappa shape index (κ3) is 4.30. The second-order valence-corrected chi connectivity index (χ2v) is 6.73. The van der Waals surface area contributed by atoms with E-state index in [-0.39, 0.29) is 17.2 Å². The fourth-order valence-corrected chi connectivity index (χ4v) is 3.08. The molecule has 0 spiro atoms. The van der Waals surface area contributed by atoms with Crippen LogP contribution >= 0.6 is 0 Å². The summed E-state index contributed by atoms with van der Waals surface area (Å²) in [6.07, 6.45) is -3.01. The van der Waals surface area contributed by atoms with Crippen molar-refractivity contribution in [2.75, 3.05) is 11.1 Å². The van der Waals surface area contributed by atoms with E-state index in [2.05, 4.69) is 15.3 Å². The van der Waals surface area contributed by atoms with Crippen LogP contribution in [0.25, 0.3) is 22.0 Å². The molecule has 9 heteroatoms. The maximum atomic E-state index is 14.3. The van der Waals surface area contributed by atoms with Crippen molar-refractivity contribution in [1.29, 1.82) is 0 Å². The Morgan fingerprint density at radius 2 is 1.71 bits per heavy atom. The number of amides is 1. The van der Waals surface area contributed by atoms with Crippen molar-refractivity contribution in [2.24, 2.45) is 0 Å². The zero-order valence-electron chi connectivity index (χ0n) is 15.7. The highest BCUT2D eigenvalue weighted by Crippen LogP contribution is 2.31. The van der Waals surface area contributed by atoms with E-state index in [1.807, 2.05) is 0 Å². The molecule has 0 saturated carbocycles. The van der Waals surface area contributed by atoms with Gasteiger partial charge < -0.3 is 11.1 Å². The smallest absolute Gasteiger partial charge is 0.368 e. The zero-order chi connectivity index (χ0) is 22.2. The van der Waals surface area contributed by atoms with Gasteiger partial charge in [-0.25, -0.2) is 14.4 Å². The summed E-state index contributed by atoms with van der Waals surface area (Å²) in [5, 5.41) is 3.01. The van der Waals surface area contributed by atoms with Crippen LogP contribution in [0.4, 0.5) is 29.2 Å². The summed E-state index contributed by atoms with van der Waals surface area (Å²) in [5.41, 5.74) is 6.09. The molecule has 0 atom stereocenters. The molecule has 1 heterocycles. The topological polar surface area (TPSA) is 80.9 Å². The lowest BCUT2D eigenvalue weighted by molar-refractivity contribution is -0.137. The van der Waals surface area contributed by atoms with Crippen LogP contribution in [0.1, 0.15) is 15.9 Å². The van der Waals surface area contributed by atoms with Gasteiger partial charge in [-0.3, -0.25) is 4.79 Å². The molecule has 3 N–H and O–H groups in total. The zero-order valence-corrected chi connectivity index (χ0v) is 15.7. The molecule has 0 aliphatic rings. The van der Waals surface area contributed by atoms with Gasteiger partial charge in [0.1, 0.15) is 5.82 Å². The van der Waals surface area contributed by atoms with E-state index in [0.29, 0.717) is 22.0 Å². The average Bonchev–Trinajstić information content (AvgIpc) is 2.73. The van der Waals surface area contributed by atoms with Gasteiger partial charge in [0.15, 0.2) is 0 Å².